The van der Waals surface area contributed by atoms with E-state index in [1.54, 1.807) is 64.7 Å². The Labute approximate surface area is 186 Å². The molecule has 1 saturated heterocycles. The van der Waals surface area contributed by atoms with Gasteiger partial charge in [-0.05, 0) is 35.9 Å². The van der Waals surface area contributed by atoms with Gasteiger partial charge in [0, 0.05) is 49.7 Å². The van der Waals surface area contributed by atoms with Gasteiger partial charge in [-0.1, -0.05) is 30.3 Å². The molecule has 6 nitrogen and oxygen atoms in total. The molecule has 0 radical (unpaired) electrons. The lowest BCUT2D eigenvalue weighted by Gasteiger charge is -2.35. The lowest BCUT2D eigenvalue weighted by molar-refractivity contribution is -0.131. The van der Waals surface area contributed by atoms with Crippen molar-refractivity contribution in [1.29, 1.82) is 0 Å². The van der Waals surface area contributed by atoms with E-state index in [0.717, 1.165) is 5.56 Å². The summed E-state index contributed by atoms with van der Waals surface area (Å²) >= 11 is 0. The molecule has 0 spiro atoms. The van der Waals surface area contributed by atoms with Crippen LogP contribution in [-0.4, -0.2) is 52.8 Å². The quantitative estimate of drug-likeness (QED) is 0.598. The number of hydrogen-bond donors (Lipinski definition) is 0. The highest BCUT2D eigenvalue weighted by Gasteiger charge is 2.25. The van der Waals surface area contributed by atoms with Crippen LogP contribution in [-0.2, 0) is 17.8 Å². The summed E-state index contributed by atoms with van der Waals surface area (Å²) in [7, 11) is 0. The number of pyridine rings is 1. The third-order valence-corrected chi connectivity index (χ3v) is 5.43. The Morgan fingerprint density at radius 2 is 1.72 bits per heavy atom. The molecule has 1 fully saturated rings. The summed E-state index contributed by atoms with van der Waals surface area (Å²) in [6.07, 6.45) is 3.68. The van der Waals surface area contributed by atoms with Crippen LogP contribution in [0.15, 0.2) is 73.1 Å². The molecular weight excluding hydrogens is 409 g/mol. The second-order valence-electron chi connectivity index (χ2n) is 7.62. The van der Waals surface area contributed by atoms with Crippen molar-refractivity contribution in [3.63, 3.8) is 0 Å². The minimum absolute atomic E-state index is 0.0358. The molecular formula is C25H24FN3O3. The van der Waals surface area contributed by atoms with Crippen LogP contribution in [0.4, 0.5) is 4.39 Å². The number of ether oxygens (including phenoxy) is 1. The van der Waals surface area contributed by atoms with Gasteiger partial charge < -0.3 is 14.5 Å². The second kappa shape index (κ2) is 10.0. The molecule has 2 aromatic carbocycles. The summed E-state index contributed by atoms with van der Waals surface area (Å²) < 4.78 is 19.5. The second-order valence-corrected chi connectivity index (χ2v) is 7.62. The van der Waals surface area contributed by atoms with Crippen LogP contribution in [0.5, 0.6) is 5.75 Å². The molecule has 0 aliphatic carbocycles. The van der Waals surface area contributed by atoms with Crippen LogP contribution in [0.25, 0.3) is 0 Å². The minimum Gasteiger partial charge on any atom is -0.489 e. The Morgan fingerprint density at radius 3 is 2.47 bits per heavy atom. The molecule has 0 N–H and O–H groups in total. The molecule has 4 rings (SSSR count). The van der Waals surface area contributed by atoms with Crippen molar-refractivity contribution in [2.75, 3.05) is 26.2 Å². The number of rotatable bonds is 6. The maximum atomic E-state index is 13.8. The van der Waals surface area contributed by atoms with Crippen LogP contribution in [0.1, 0.15) is 21.5 Å². The highest BCUT2D eigenvalue weighted by molar-refractivity contribution is 5.94. The van der Waals surface area contributed by atoms with Crippen molar-refractivity contribution in [2.24, 2.45) is 0 Å². The van der Waals surface area contributed by atoms with E-state index in [-0.39, 0.29) is 24.2 Å². The summed E-state index contributed by atoms with van der Waals surface area (Å²) in [5.74, 6) is 0.106. The zero-order valence-corrected chi connectivity index (χ0v) is 17.6. The Bertz CT molecular complexity index is 1080. The van der Waals surface area contributed by atoms with Crippen LogP contribution in [0.2, 0.25) is 0 Å². The zero-order valence-electron chi connectivity index (χ0n) is 17.6. The zero-order chi connectivity index (χ0) is 22.3. The number of piperazine rings is 1. The third-order valence-electron chi connectivity index (χ3n) is 5.43. The van der Waals surface area contributed by atoms with E-state index in [1.807, 2.05) is 12.1 Å². The summed E-state index contributed by atoms with van der Waals surface area (Å²) in [5, 5.41) is 0. The van der Waals surface area contributed by atoms with Gasteiger partial charge in [-0.3, -0.25) is 14.6 Å². The minimum atomic E-state index is -0.323. The van der Waals surface area contributed by atoms with Crippen LogP contribution in [0.3, 0.4) is 0 Å². The fourth-order valence-electron chi connectivity index (χ4n) is 3.63. The Hall–Kier alpha value is -3.74. The molecule has 32 heavy (non-hydrogen) atoms. The lowest BCUT2D eigenvalue weighted by Crippen LogP contribution is -2.51. The number of carbonyl (C=O) groups excluding carboxylic acids is 2. The van der Waals surface area contributed by atoms with E-state index in [0.29, 0.717) is 49.5 Å². The van der Waals surface area contributed by atoms with E-state index in [2.05, 4.69) is 4.98 Å². The van der Waals surface area contributed by atoms with Gasteiger partial charge in [-0.25, -0.2) is 4.39 Å². The first-order valence-corrected chi connectivity index (χ1v) is 10.5. The Kier molecular flexibility index (Phi) is 6.75. The summed E-state index contributed by atoms with van der Waals surface area (Å²) in [5.41, 5.74) is 1.84. The highest BCUT2D eigenvalue weighted by Crippen LogP contribution is 2.18. The lowest BCUT2D eigenvalue weighted by atomic mass is 10.1. The fourth-order valence-corrected chi connectivity index (χ4v) is 3.63. The van der Waals surface area contributed by atoms with Gasteiger partial charge in [-0.2, -0.15) is 0 Å². The van der Waals surface area contributed by atoms with Crippen molar-refractivity contribution < 1.29 is 18.7 Å². The molecule has 0 unspecified atom stereocenters. The van der Waals surface area contributed by atoms with Gasteiger partial charge in [0.05, 0.1) is 6.42 Å². The first kappa shape index (κ1) is 21.5. The maximum Gasteiger partial charge on any atom is 0.254 e. The first-order valence-electron chi connectivity index (χ1n) is 10.5. The third kappa shape index (κ3) is 5.29. The summed E-state index contributed by atoms with van der Waals surface area (Å²) in [6.45, 7) is 2.01. The van der Waals surface area contributed by atoms with Gasteiger partial charge in [0.1, 0.15) is 18.2 Å². The number of aromatic nitrogens is 1. The Balaban J connectivity index is 1.31. The van der Waals surface area contributed by atoms with E-state index in [9.17, 15) is 14.0 Å². The van der Waals surface area contributed by atoms with E-state index < -0.39 is 0 Å². The van der Waals surface area contributed by atoms with Gasteiger partial charge in [-0.15, -0.1) is 0 Å². The van der Waals surface area contributed by atoms with Crippen molar-refractivity contribution >= 4 is 11.8 Å². The van der Waals surface area contributed by atoms with Gasteiger partial charge >= 0.3 is 0 Å². The molecule has 2 heterocycles. The molecule has 1 aromatic heterocycles. The normalized spacial score (nSPS) is 13.7. The SMILES string of the molecule is O=C(Cc1cccnc1)N1CCN(C(=O)c2cccc(OCc3ccccc3F)c2)CC1. The van der Waals surface area contributed by atoms with Gasteiger partial charge in [0.25, 0.3) is 5.91 Å². The Morgan fingerprint density at radius 1 is 0.938 bits per heavy atom. The number of halogens is 1. The highest BCUT2D eigenvalue weighted by atomic mass is 19.1. The van der Waals surface area contributed by atoms with Crippen molar-refractivity contribution in [2.45, 2.75) is 13.0 Å². The van der Waals surface area contributed by atoms with Crippen LogP contribution < -0.4 is 4.74 Å². The van der Waals surface area contributed by atoms with E-state index >= 15 is 0 Å². The molecule has 1 aliphatic rings. The number of amides is 2. The average molecular weight is 433 g/mol. The smallest absolute Gasteiger partial charge is 0.254 e. The standard InChI is InChI=1S/C25H24FN3O3/c26-23-9-2-1-6-21(23)18-32-22-8-3-7-20(16-22)25(31)29-13-11-28(12-14-29)24(30)15-19-5-4-10-27-17-19/h1-10,16-17H,11-15,18H2. The predicted octanol–water partition coefficient (Wildman–Crippen LogP) is 3.33. The predicted molar refractivity (Wildman–Crippen MR) is 118 cm³/mol. The fraction of sp³-hybridized carbons (Fsp3) is 0.240. The molecule has 0 saturated carbocycles. The summed E-state index contributed by atoms with van der Waals surface area (Å²) in [4.78, 5) is 33.0. The largest absolute Gasteiger partial charge is 0.489 e. The topological polar surface area (TPSA) is 62.7 Å². The first-order chi connectivity index (χ1) is 15.6. The van der Waals surface area contributed by atoms with Crippen molar-refractivity contribution in [1.82, 2.24) is 14.8 Å². The summed E-state index contributed by atoms with van der Waals surface area (Å²) in [6, 6.07) is 17.0. The van der Waals surface area contributed by atoms with Gasteiger partial charge in [0.2, 0.25) is 5.91 Å². The van der Waals surface area contributed by atoms with Crippen LogP contribution >= 0.6 is 0 Å². The molecule has 1 aliphatic heterocycles. The number of carbonyl (C=O) groups is 2. The number of nitrogens with zero attached hydrogens (tertiary/aromatic N) is 3. The maximum absolute atomic E-state index is 13.8. The van der Waals surface area contributed by atoms with E-state index in [4.69, 9.17) is 4.74 Å². The average Bonchev–Trinajstić information content (AvgIpc) is 2.84. The van der Waals surface area contributed by atoms with E-state index in [1.165, 1.54) is 6.07 Å². The molecule has 0 atom stereocenters. The van der Waals surface area contributed by atoms with Crippen molar-refractivity contribution in [3.05, 3.63) is 95.6 Å². The monoisotopic (exact) mass is 433 g/mol. The number of benzene rings is 2. The molecule has 2 amide bonds. The molecule has 0 bridgehead atoms. The molecule has 3 aromatic rings. The number of hydrogen-bond acceptors (Lipinski definition) is 4. The molecule has 164 valence electrons. The van der Waals surface area contributed by atoms with Crippen LogP contribution in [0, 0.1) is 5.82 Å². The van der Waals surface area contributed by atoms with Crippen molar-refractivity contribution in [3.8, 4) is 5.75 Å². The molecule has 7 heteroatoms. The van der Waals surface area contributed by atoms with Gasteiger partial charge in [0.15, 0.2) is 0 Å².